The number of hydrogen-bond acceptors (Lipinski definition) is 4. The second-order valence-electron chi connectivity index (χ2n) is 6.30. The lowest BCUT2D eigenvalue weighted by Crippen LogP contribution is -2.45. The van der Waals surface area contributed by atoms with Crippen LogP contribution in [-0.4, -0.2) is 48.4 Å². The first-order valence-electron chi connectivity index (χ1n) is 7.77. The lowest BCUT2D eigenvalue weighted by molar-refractivity contribution is -0.134. The maximum absolute atomic E-state index is 12.4. The van der Waals surface area contributed by atoms with Gasteiger partial charge in [0.1, 0.15) is 6.04 Å². The fraction of sp³-hybridized carbons (Fsp3) is 0.688. The number of thiophene rings is 1. The zero-order valence-electron chi connectivity index (χ0n) is 13.3. The lowest BCUT2D eigenvalue weighted by atomic mass is 9.95. The van der Waals surface area contributed by atoms with Gasteiger partial charge in [-0.05, 0) is 51.1 Å². The van der Waals surface area contributed by atoms with Crippen molar-refractivity contribution in [2.75, 3.05) is 26.7 Å². The summed E-state index contributed by atoms with van der Waals surface area (Å²) in [5, 5.41) is 1.97. The first kappa shape index (κ1) is 16.5. The Morgan fingerprint density at radius 2 is 2.14 bits per heavy atom. The molecule has 1 amide bonds. The summed E-state index contributed by atoms with van der Waals surface area (Å²) in [6.07, 6.45) is 2.17. The minimum absolute atomic E-state index is 0.0770. The standard InChI is InChI=1S/C16H27N3OS/c1-12(2)18(3)11-13-6-8-19(9-7-13)16(20)15(17)14-5-4-10-21-14/h4-5,10,12-13,15H,6-9,11,17H2,1-3H3. The van der Waals surface area contributed by atoms with E-state index < -0.39 is 6.04 Å². The van der Waals surface area contributed by atoms with Crippen LogP contribution in [0.1, 0.15) is 37.6 Å². The molecule has 1 aliphatic rings. The summed E-state index contributed by atoms with van der Waals surface area (Å²) < 4.78 is 0. The summed E-state index contributed by atoms with van der Waals surface area (Å²) in [4.78, 5) is 17.7. The van der Waals surface area contributed by atoms with Crippen molar-refractivity contribution in [3.63, 3.8) is 0 Å². The molecule has 5 heteroatoms. The summed E-state index contributed by atoms with van der Waals surface area (Å²) in [6, 6.07) is 3.98. The zero-order chi connectivity index (χ0) is 15.4. The van der Waals surface area contributed by atoms with Gasteiger partial charge in [-0.1, -0.05) is 6.07 Å². The van der Waals surface area contributed by atoms with Crippen molar-refractivity contribution >= 4 is 17.2 Å². The fourth-order valence-electron chi connectivity index (χ4n) is 2.74. The first-order chi connectivity index (χ1) is 9.99. The SMILES string of the molecule is CC(C)N(C)CC1CCN(C(=O)C(N)c2cccs2)CC1. The van der Waals surface area contributed by atoms with Crippen molar-refractivity contribution in [3.05, 3.63) is 22.4 Å². The summed E-state index contributed by atoms with van der Waals surface area (Å²) in [5.41, 5.74) is 6.08. The van der Waals surface area contributed by atoms with Crippen LogP contribution >= 0.6 is 11.3 Å². The summed E-state index contributed by atoms with van der Waals surface area (Å²) in [6.45, 7) is 7.25. The van der Waals surface area contributed by atoms with E-state index in [2.05, 4.69) is 25.8 Å². The number of nitrogens with zero attached hydrogens (tertiary/aromatic N) is 2. The van der Waals surface area contributed by atoms with Crippen LogP contribution in [-0.2, 0) is 4.79 Å². The predicted octanol–water partition coefficient (Wildman–Crippen LogP) is 2.33. The average molecular weight is 309 g/mol. The number of carbonyl (C=O) groups excluding carboxylic acids is 1. The molecule has 1 aromatic heterocycles. The molecule has 1 fully saturated rings. The Bertz CT molecular complexity index is 438. The van der Waals surface area contributed by atoms with E-state index in [0.29, 0.717) is 12.0 Å². The minimum atomic E-state index is -0.486. The Labute approximate surface area is 131 Å². The molecule has 0 spiro atoms. The van der Waals surface area contributed by atoms with Crippen molar-refractivity contribution in [3.8, 4) is 0 Å². The third-order valence-corrected chi connectivity index (χ3v) is 5.43. The van der Waals surface area contributed by atoms with E-state index in [0.717, 1.165) is 37.4 Å². The van der Waals surface area contributed by atoms with Crippen LogP contribution in [0.15, 0.2) is 17.5 Å². The highest BCUT2D eigenvalue weighted by Crippen LogP contribution is 2.23. The van der Waals surface area contributed by atoms with Crippen LogP contribution in [0, 0.1) is 5.92 Å². The van der Waals surface area contributed by atoms with Crippen LogP contribution in [0.5, 0.6) is 0 Å². The van der Waals surface area contributed by atoms with Crippen molar-refractivity contribution in [1.29, 1.82) is 0 Å². The van der Waals surface area contributed by atoms with E-state index >= 15 is 0 Å². The highest BCUT2D eigenvalue weighted by molar-refractivity contribution is 7.10. The number of carbonyl (C=O) groups is 1. The van der Waals surface area contributed by atoms with E-state index in [4.69, 9.17) is 5.73 Å². The number of piperidine rings is 1. The van der Waals surface area contributed by atoms with Crippen LogP contribution in [0.25, 0.3) is 0 Å². The highest BCUT2D eigenvalue weighted by atomic mass is 32.1. The molecule has 0 saturated carbocycles. The first-order valence-corrected chi connectivity index (χ1v) is 8.65. The molecule has 4 nitrogen and oxygen atoms in total. The third kappa shape index (κ3) is 4.28. The van der Waals surface area contributed by atoms with Gasteiger partial charge in [-0.2, -0.15) is 0 Å². The third-order valence-electron chi connectivity index (χ3n) is 4.47. The topological polar surface area (TPSA) is 49.6 Å². The monoisotopic (exact) mass is 309 g/mol. The molecule has 21 heavy (non-hydrogen) atoms. The molecule has 0 aliphatic carbocycles. The highest BCUT2D eigenvalue weighted by Gasteiger charge is 2.28. The fourth-order valence-corrected chi connectivity index (χ4v) is 3.46. The van der Waals surface area contributed by atoms with Gasteiger partial charge in [-0.3, -0.25) is 4.79 Å². The second kappa shape index (κ2) is 7.38. The zero-order valence-corrected chi connectivity index (χ0v) is 14.1. The average Bonchev–Trinajstić information content (AvgIpc) is 3.00. The number of likely N-dealkylation sites (tertiary alicyclic amines) is 1. The van der Waals surface area contributed by atoms with Crippen molar-refractivity contribution in [2.24, 2.45) is 11.7 Å². The Balaban J connectivity index is 1.82. The molecule has 1 aromatic rings. The van der Waals surface area contributed by atoms with Gasteiger partial charge in [-0.25, -0.2) is 0 Å². The van der Waals surface area contributed by atoms with Gasteiger partial charge >= 0.3 is 0 Å². The summed E-state index contributed by atoms with van der Waals surface area (Å²) in [7, 11) is 2.18. The molecular weight excluding hydrogens is 282 g/mol. The van der Waals surface area contributed by atoms with E-state index in [9.17, 15) is 4.79 Å². The van der Waals surface area contributed by atoms with Crippen LogP contribution in [0.3, 0.4) is 0 Å². The van der Waals surface area contributed by atoms with Gasteiger partial charge in [0.05, 0.1) is 0 Å². The van der Waals surface area contributed by atoms with Gasteiger partial charge in [0, 0.05) is 30.6 Å². The van der Waals surface area contributed by atoms with Crippen molar-refractivity contribution in [1.82, 2.24) is 9.80 Å². The van der Waals surface area contributed by atoms with Gasteiger partial charge in [0.15, 0.2) is 0 Å². The summed E-state index contributed by atoms with van der Waals surface area (Å²) in [5.74, 6) is 0.771. The second-order valence-corrected chi connectivity index (χ2v) is 7.27. The van der Waals surface area contributed by atoms with Crippen LogP contribution in [0.4, 0.5) is 0 Å². The van der Waals surface area contributed by atoms with E-state index in [-0.39, 0.29) is 5.91 Å². The van der Waals surface area contributed by atoms with Crippen LogP contribution in [0.2, 0.25) is 0 Å². The number of amides is 1. The summed E-state index contributed by atoms with van der Waals surface area (Å²) >= 11 is 1.56. The molecule has 0 bridgehead atoms. The molecule has 0 aromatic carbocycles. The van der Waals surface area contributed by atoms with Gasteiger partial charge < -0.3 is 15.5 Å². The normalized spacial score (nSPS) is 18.5. The number of hydrogen-bond donors (Lipinski definition) is 1. The largest absolute Gasteiger partial charge is 0.341 e. The number of rotatable bonds is 5. The lowest BCUT2D eigenvalue weighted by Gasteiger charge is -2.35. The van der Waals surface area contributed by atoms with Gasteiger partial charge in [-0.15, -0.1) is 11.3 Å². The Kier molecular flexibility index (Phi) is 5.79. The minimum Gasteiger partial charge on any atom is -0.341 e. The maximum atomic E-state index is 12.4. The van der Waals surface area contributed by atoms with Crippen LogP contribution < -0.4 is 5.73 Å². The van der Waals surface area contributed by atoms with Crippen molar-refractivity contribution in [2.45, 2.75) is 38.8 Å². The molecule has 1 saturated heterocycles. The smallest absolute Gasteiger partial charge is 0.244 e. The Hall–Kier alpha value is -0.910. The number of nitrogens with two attached hydrogens (primary N) is 1. The molecule has 1 unspecified atom stereocenters. The molecule has 1 aliphatic heterocycles. The van der Waals surface area contributed by atoms with E-state index in [1.54, 1.807) is 11.3 Å². The van der Waals surface area contributed by atoms with Gasteiger partial charge in [0.2, 0.25) is 5.91 Å². The Morgan fingerprint density at radius 1 is 1.48 bits per heavy atom. The van der Waals surface area contributed by atoms with Crippen molar-refractivity contribution < 1.29 is 4.79 Å². The van der Waals surface area contributed by atoms with E-state index in [1.165, 1.54) is 0 Å². The van der Waals surface area contributed by atoms with Gasteiger partial charge in [0.25, 0.3) is 0 Å². The van der Waals surface area contributed by atoms with E-state index in [1.807, 2.05) is 22.4 Å². The molecular formula is C16H27N3OS. The molecule has 118 valence electrons. The predicted molar refractivity (Wildman–Crippen MR) is 88.3 cm³/mol. The molecule has 2 heterocycles. The molecule has 2 N–H and O–H groups in total. The quantitative estimate of drug-likeness (QED) is 0.908. The molecule has 0 radical (unpaired) electrons. The molecule has 2 rings (SSSR count). The Morgan fingerprint density at radius 3 is 2.67 bits per heavy atom. The maximum Gasteiger partial charge on any atom is 0.244 e. The molecule has 1 atom stereocenters.